The van der Waals surface area contributed by atoms with E-state index in [2.05, 4.69) is 0 Å². The molecule has 1 fully saturated rings. The van der Waals surface area contributed by atoms with Crippen LogP contribution in [-0.2, 0) is 4.79 Å². The number of primary amides is 2. The minimum Gasteiger partial charge on any atom is -0.229 e. The zero-order chi connectivity index (χ0) is 6.15. The van der Waals surface area contributed by atoms with Crippen LogP contribution < -0.4 is 5.32 Å². The van der Waals surface area contributed by atoms with Crippen molar-refractivity contribution in [3.63, 3.8) is 0 Å². The Balaban J connectivity index is 2.64. The van der Waals surface area contributed by atoms with Crippen LogP contribution in [0.15, 0.2) is 0 Å². The van der Waals surface area contributed by atoms with Crippen LogP contribution in [0.2, 0.25) is 0 Å². The molecular formula is C4H6NO2S+. The summed E-state index contributed by atoms with van der Waals surface area (Å²) in [6.07, 6.45) is 0. The fourth-order valence-electron chi connectivity index (χ4n) is 0.500. The molecule has 3 nitrogen and oxygen atoms in total. The molecule has 0 bridgehead atoms. The smallest absolute Gasteiger partial charge is 0.229 e. The number of nitrogens with two attached hydrogens (primary N) is 1. The maximum atomic E-state index is 10.5. The summed E-state index contributed by atoms with van der Waals surface area (Å²) >= 11 is 1.08. The van der Waals surface area contributed by atoms with Crippen LogP contribution in [-0.4, -0.2) is 16.4 Å². The fraction of sp³-hybridized carbons (Fsp3) is 0.500. The van der Waals surface area contributed by atoms with Gasteiger partial charge in [0.2, 0.25) is 0 Å². The number of rotatable bonds is 0. The topological polar surface area (TPSA) is 50.8 Å². The highest BCUT2D eigenvalue weighted by atomic mass is 32.2. The Labute approximate surface area is 50.8 Å². The van der Waals surface area contributed by atoms with Crippen molar-refractivity contribution in [1.82, 2.24) is 0 Å². The number of amides is 2. The lowest BCUT2D eigenvalue weighted by molar-refractivity contribution is -0.455. The highest BCUT2D eigenvalue weighted by Gasteiger charge is 2.33. The third-order valence-electron chi connectivity index (χ3n) is 0.954. The molecule has 0 spiro atoms. The number of hydrogen-bond donors (Lipinski definition) is 1. The summed E-state index contributed by atoms with van der Waals surface area (Å²) < 4.78 is 0. The lowest BCUT2D eigenvalue weighted by atomic mass is 10.5. The van der Waals surface area contributed by atoms with Gasteiger partial charge in [0.1, 0.15) is 5.25 Å². The van der Waals surface area contributed by atoms with E-state index in [-0.39, 0.29) is 16.4 Å². The maximum absolute atomic E-state index is 10.5. The first kappa shape index (κ1) is 5.78. The van der Waals surface area contributed by atoms with Crippen molar-refractivity contribution in [2.24, 2.45) is 0 Å². The van der Waals surface area contributed by atoms with Gasteiger partial charge in [0.15, 0.2) is 0 Å². The molecule has 1 rings (SSSR count). The van der Waals surface area contributed by atoms with E-state index in [9.17, 15) is 9.59 Å². The summed E-state index contributed by atoms with van der Waals surface area (Å²) in [6, 6.07) is 0. The minimum atomic E-state index is -0.137. The lowest BCUT2D eigenvalue weighted by Crippen LogP contribution is -2.88. The molecule has 1 atom stereocenters. The van der Waals surface area contributed by atoms with E-state index in [1.54, 1.807) is 6.92 Å². The summed E-state index contributed by atoms with van der Waals surface area (Å²) in [7, 11) is 0. The first-order valence-electron chi connectivity index (χ1n) is 2.29. The van der Waals surface area contributed by atoms with E-state index in [1.165, 1.54) is 0 Å². The SMILES string of the molecule is CC1SC(=O)[NH2+]C1=O. The minimum absolute atomic E-state index is 0.0556. The Morgan fingerprint density at radius 2 is 2.25 bits per heavy atom. The zero-order valence-electron chi connectivity index (χ0n) is 4.38. The molecule has 1 unspecified atom stereocenters. The van der Waals surface area contributed by atoms with Gasteiger partial charge in [0, 0.05) is 0 Å². The van der Waals surface area contributed by atoms with Crippen molar-refractivity contribution in [2.75, 3.05) is 0 Å². The van der Waals surface area contributed by atoms with Crippen LogP contribution in [0.4, 0.5) is 4.79 Å². The molecule has 4 heteroatoms. The molecule has 2 amide bonds. The molecule has 0 saturated carbocycles. The summed E-state index contributed by atoms with van der Waals surface area (Å²) in [5.74, 6) is -0.0556. The highest BCUT2D eigenvalue weighted by molar-refractivity contribution is 8.14. The van der Waals surface area contributed by atoms with E-state index < -0.39 is 0 Å². The summed E-state index contributed by atoms with van der Waals surface area (Å²) in [6.45, 7) is 1.73. The summed E-state index contributed by atoms with van der Waals surface area (Å²) in [4.78, 5) is 20.8. The summed E-state index contributed by atoms with van der Waals surface area (Å²) in [5, 5.41) is 0.903. The average molecular weight is 132 g/mol. The van der Waals surface area contributed by atoms with Gasteiger partial charge in [-0.2, -0.15) is 0 Å². The highest BCUT2D eigenvalue weighted by Crippen LogP contribution is 2.11. The van der Waals surface area contributed by atoms with Gasteiger partial charge >= 0.3 is 11.1 Å². The third kappa shape index (κ3) is 0.900. The fourth-order valence-corrected chi connectivity index (χ4v) is 1.22. The van der Waals surface area contributed by atoms with Crippen molar-refractivity contribution in [2.45, 2.75) is 12.2 Å². The van der Waals surface area contributed by atoms with Gasteiger partial charge in [0.05, 0.1) is 0 Å². The van der Waals surface area contributed by atoms with Gasteiger partial charge in [-0.1, -0.05) is 0 Å². The molecule has 1 aliphatic rings. The number of imide groups is 1. The lowest BCUT2D eigenvalue weighted by Gasteiger charge is -1.81. The molecular weight excluding hydrogens is 126 g/mol. The van der Waals surface area contributed by atoms with E-state index in [0.29, 0.717) is 0 Å². The van der Waals surface area contributed by atoms with Gasteiger partial charge in [0.25, 0.3) is 0 Å². The van der Waals surface area contributed by atoms with E-state index in [1.807, 2.05) is 0 Å². The van der Waals surface area contributed by atoms with Gasteiger partial charge in [-0.3, -0.25) is 0 Å². The number of carbonyl (C=O) groups is 2. The van der Waals surface area contributed by atoms with Crippen LogP contribution >= 0.6 is 11.8 Å². The second kappa shape index (κ2) is 1.87. The molecule has 1 aliphatic heterocycles. The summed E-state index contributed by atoms with van der Waals surface area (Å²) in [5.41, 5.74) is 0. The monoisotopic (exact) mass is 132 g/mol. The zero-order valence-corrected chi connectivity index (χ0v) is 5.20. The molecule has 0 aliphatic carbocycles. The van der Waals surface area contributed by atoms with Crippen LogP contribution in [0.3, 0.4) is 0 Å². The predicted molar refractivity (Wildman–Crippen MR) is 29.4 cm³/mol. The Bertz CT molecular complexity index is 145. The number of thioether (sulfide) groups is 1. The normalized spacial score (nSPS) is 29.4. The van der Waals surface area contributed by atoms with Crippen molar-refractivity contribution in [1.29, 1.82) is 0 Å². The van der Waals surface area contributed by atoms with E-state index in [0.717, 1.165) is 17.1 Å². The Morgan fingerprint density at radius 1 is 1.62 bits per heavy atom. The molecule has 0 radical (unpaired) electrons. The Hall–Kier alpha value is -0.350. The van der Waals surface area contributed by atoms with Crippen molar-refractivity contribution in [3.8, 4) is 0 Å². The second-order valence-electron chi connectivity index (χ2n) is 1.63. The number of carbonyl (C=O) groups excluding carboxylic acids is 2. The second-order valence-corrected chi connectivity index (χ2v) is 2.97. The molecule has 0 aromatic heterocycles. The molecule has 0 aromatic rings. The van der Waals surface area contributed by atoms with Crippen molar-refractivity contribution in [3.05, 3.63) is 0 Å². The van der Waals surface area contributed by atoms with Crippen LogP contribution in [0.5, 0.6) is 0 Å². The predicted octanol–water partition coefficient (Wildman–Crippen LogP) is -0.668. The first-order chi connectivity index (χ1) is 3.70. The molecule has 8 heavy (non-hydrogen) atoms. The standard InChI is InChI=1S/C4H5NO2S/c1-2-3(6)5-4(7)8-2/h2H,1H3,(H,5,6,7)/p+1. The van der Waals surface area contributed by atoms with Crippen LogP contribution in [0.1, 0.15) is 6.92 Å². The van der Waals surface area contributed by atoms with E-state index in [4.69, 9.17) is 0 Å². The number of quaternary nitrogens is 1. The van der Waals surface area contributed by atoms with Crippen molar-refractivity contribution < 1.29 is 14.9 Å². The molecule has 0 aromatic carbocycles. The van der Waals surface area contributed by atoms with Crippen LogP contribution in [0.25, 0.3) is 0 Å². The maximum Gasteiger partial charge on any atom is 0.380 e. The third-order valence-corrected chi connectivity index (χ3v) is 1.89. The molecule has 44 valence electrons. The van der Waals surface area contributed by atoms with Crippen LogP contribution in [0, 0.1) is 0 Å². The van der Waals surface area contributed by atoms with Gasteiger partial charge in [-0.25, -0.2) is 14.9 Å². The largest absolute Gasteiger partial charge is 0.380 e. The van der Waals surface area contributed by atoms with Crippen molar-refractivity contribution >= 4 is 22.9 Å². The van der Waals surface area contributed by atoms with Gasteiger partial charge in [-0.05, 0) is 18.7 Å². The quantitative estimate of drug-likeness (QED) is 0.475. The molecule has 1 saturated heterocycles. The first-order valence-corrected chi connectivity index (χ1v) is 3.17. The van der Waals surface area contributed by atoms with Gasteiger partial charge in [-0.15, -0.1) is 0 Å². The molecule has 1 heterocycles. The van der Waals surface area contributed by atoms with E-state index >= 15 is 0 Å². The molecule has 2 N–H and O–H groups in total. The Morgan fingerprint density at radius 3 is 2.38 bits per heavy atom. The van der Waals surface area contributed by atoms with Gasteiger partial charge < -0.3 is 0 Å². The number of hydrogen-bond acceptors (Lipinski definition) is 3. The Kier molecular flexibility index (Phi) is 1.35. The average Bonchev–Trinajstić information content (AvgIpc) is 1.85.